The van der Waals surface area contributed by atoms with E-state index in [1.54, 1.807) is 35.0 Å². The minimum Gasteiger partial charge on any atom is -0.325 e. The number of nitro benzene ring substituents is 1. The third-order valence-corrected chi connectivity index (χ3v) is 4.93. The van der Waals surface area contributed by atoms with Gasteiger partial charge in [0.1, 0.15) is 0 Å². The van der Waals surface area contributed by atoms with Crippen LogP contribution in [0.25, 0.3) is 0 Å². The van der Waals surface area contributed by atoms with Crippen LogP contribution in [0.5, 0.6) is 0 Å². The highest BCUT2D eigenvalue weighted by atomic mass is 35.5. The molecule has 1 aliphatic heterocycles. The molecule has 1 N–H and O–H groups in total. The van der Waals surface area contributed by atoms with Gasteiger partial charge in [-0.05, 0) is 37.7 Å². The molecule has 146 valence electrons. The molecule has 28 heavy (non-hydrogen) atoms. The fourth-order valence-corrected chi connectivity index (χ4v) is 3.43. The van der Waals surface area contributed by atoms with E-state index in [2.05, 4.69) is 5.32 Å². The number of carbonyl (C=O) groups excluding carboxylic acids is 2. The van der Waals surface area contributed by atoms with Crippen LogP contribution in [0.15, 0.2) is 48.5 Å². The summed E-state index contributed by atoms with van der Waals surface area (Å²) in [5.74, 6) is -0.404. The molecule has 0 spiro atoms. The summed E-state index contributed by atoms with van der Waals surface area (Å²) in [4.78, 5) is 38.6. The molecular formula is C19H19ClN4O4. The summed E-state index contributed by atoms with van der Waals surface area (Å²) >= 11 is 6.19. The molecule has 0 aromatic heterocycles. The molecule has 3 rings (SSSR count). The van der Waals surface area contributed by atoms with Crippen LogP contribution in [0.4, 0.5) is 17.1 Å². The van der Waals surface area contributed by atoms with E-state index in [9.17, 15) is 19.7 Å². The van der Waals surface area contributed by atoms with Crippen molar-refractivity contribution in [1.82, 2.24) is 4.90 Å². The quantitative estimate of drug-likeness (QED) is 0.592. The molecule has 2 amide bonds. The normalized spacial score (nSPS) is 16.5. The SMILES string of the molecule is CN(CC(=O)Nc1ccc([N+](=O)[O-])cc1)C1CCN(c2ccccc2Cl)C1=O. The van der Waals surface area contributed by atoms with Gasteiger partial charge in [-0.2, -0.15) is 0 Å². The lowest BCUT2D eigenvalue weighted by Crippen LogP contribution is -2.43. The number of anilines is 2. The third kappa shape index (κ3) is 4.29. The average molecular weight is 403 g/mol. The fraction of sp³-hybridized carbons (Fsp3) is 0.263. The number of non-ortho nitro benzene ring substituents is 1. The maximum atomic E-state index is 12.8. The zero-order valence-electron chi connectivity index (χ0n) is 15.2. The van der Waals surface area contributed by atoms with Crippen LogP contribution in [0, 0.1) is 10.1 Å². The number of rotatable bonds is 6. The molecule has 8 nitrogen and oxygen atoms in total. The summed E-state index contributed by atoms with van der Waals surface area (Å²) in [6.45, 7) is 0.547. The Morgan fingerprint density at radius 3 is 2.61 bits per heavy atom. The first-order valence-corrected chi connectivity index (χ1v) is 9.05. The number of amides is 2. The lowest BCUT2D eigenvalue weighted by molar-refractivity contribution is -0.384. The molecule has 9 heteroatoms. The highest BCUT2D eigenvalue weighted by Crippen LogP contribution is 2.30. The van der Waals surface area contributed by atoms with Crippen LogP contribution >= 0.6 is 11.6 Å². The van der Waals surface area contributed by atoms with Gasteiger partial charge in [0.2, 0.25) is 11.8 Å². The smallest absolute Gasteiger partial charge is 0.269 e. The summed E-state index contributed by atoms with van der Waals surface area (Å²) in [7, 11) is 1.72. The Morgan fingerprint density at radius 2 is 1.96 bits per heavy atom. The van der Waals surface area contributed by atoms with E-state index in [1.807, 2.05) is 6.07 Å². The molecule has 2 aromatic rings. The van der Waals surface area contributed by atoms with Crippen LogP contribution in [-0.4, -0.2) is 47.8 Å². The fourth-order valence-electron chi connectivity index (χ4n) is 3.19. The van der Waals surface area contributed by atoms with Crippen LogP contribution < -0.4 is 10.2 Å². The van der Waals surface area contributed by atoms with E-state index in [-0.39, 0.29) is 24.0 Å². The van der Waals surface area contributed by atoms with Gasteiger partial charge in [-0.15, -0.1) is 0 Å². The molecule has 1 saturated heterocycles. The second-order valence-corrected chi connectivity index (χ2v) is 6.92. The molecule has 2 aromatic carbocycles. The summed E-state index contributed by atoms with van der Waals surface area (Å²) in [6, 6.07) is 12.3. The van der Waals surface area contributed by atoms with Gasteiger partial charge >= 0.3 is 0 Å². The number of halogens is 1. The molecule has 1 unspecified atom stereocenters. The van der Waals surface area contributed by atoms with E-state index < -0.39 is 11.0 Å². The average Bonchev–Trinajstić information content (AvgIpc) is 3.04. The summed E-state index contributed by atoms with van der Waals surface area (Å²) in [5, 5.41) is 13.9. The molecule has 0 saturated carbocycles. The Morgan fingerprint density at radius 1 is 1.29 bits per heavy atom. The predicted molar refractivity (Wildman–Crippen MR) is 107 cm³/mol. The number of carbonyl (C=O) groups is 2. The van der Waals surface area contributed by atoms with Gasteiger partial charge in [-0.25, -0.2) is 0 Å². The van der Waals surface area contributed by atoms with Crippen molar-refractivity contribution in [1.29, 1.82) is 0 Å². The van der Waals surface area contributed by atoms with E-state index in [4.69, 9.17) is 11.6 Å². The number of para-hydroxylation sites is 1. The highest BCUT2D eigenvalue weighted by molar-refractivity contribution is 6.33. The molecule has 1 aliphatic rings. The van der Waals surface area contributed by atoms with Crippen molar-refractivity contribution in [2.45, 2.75) is 12.5 Å². The predicted octanol–water partition coefficient (Wildman–Crippen LogP) is 2.92. The second kappa shape index (κ2) is 8.37. The number of hydrogen-bond donors (Lipinski definition) is 1. The van der Waals surface area contributed by atoms with E-state index in [0.717, 1.165) is 0 Å². The van der Waals surface area contributed by atoms with Crippen molar-refractivity contribution in [3.8, 4) is 0 Å². The highest BCUT2D eigenvalue weighted by Gasteiger charge is 2.36. The Hall–Kier alpha value is -2.97. The minimum absolute atomic E-state index is 0.0176. The van der Waals surface area contributed by atoms with Gasteiger partial charge in [-0.3, -0.25) is 24.6 Å². The molecule has 1 heterocycles. The van der Waals surface area contributed by atoms with Crippen molar-refractivity contribution >= 4 is 40.5 Å². The maximum Gasteiger partial charge on any atom is 0.269 e. The van der Waals surface area contributed by atoms with Crippen LogP contribution in [0.1, 0.15) is 6.42 Å². The van der Waals surface area contributed by atoms with Gasteiger partial charge in [0.25, 0.3) is 5.69 Å². The van der Waals surface area contributed by atoms with Gasteiger partial charge in [0, 0.05) is 24.4 Å². The standard InChI is InChI=1S/C19H19ClN4O4/c1-22(12-18(25)21-13-6-8-14(9-7-13)24(27)28)17-10-11-23(19(17)26)16-5-3-2-4-15(16)20/h2-9,17H,10-12H2,1H3,(H,21,25). The number of likely N-dealkylation sites (N-methyl/N-ethyl adjacent to an activating group) is 1. The number of benzene rings is 2. The first kappa shape index (κ1) is 19.8. The Bertz CT molecular complexity index is 903. The number of nitro groups is 1. The molecule has 0 aliphatic carbocycles. The summed E-state index contributed by atoms with van der Waals surface area (Å²) in [6.07, 6.45) is 0.589. The van der Waals surface area contributed by atoms with Crippen LogP contribution in [0.2, 0.25) is 5.02 Å². The van der Waals surface area contributed by atoms with E-state index in [0.29, 0.717) is 29.4 Å². The monoisotopic (exact) mass is 402 g/mol. The zero-order valence-corrected chi connectivity index (χ0v) is 15.9. The lowest BCUT2D eigenvalue weighted by atomic mass is 10.2. The van der Waals surface area contributed by atoms with E-state index >= 15 is 0 Å². The van der Waals surface area contributed by atoms with Crippen LogP contribution in [0.3, 0.4) is 0 Å². The van der Waals surface area contributed by atoms with Crippen molar-refractivity contribution in [2.75, 3.05) is 30.4 Å². The number of hydrogen-bond acceptors (Lipinski definition) is 5. The van der Waals surface area contributed by atoms with Gasteiger partial charge in [0.05, 0.1) is 28.2 Å². The zero-order chi connectivity index (χ0) is 20.3. The Balaban J connectivity index is 1.59. The summed E-state index contributed by atoms with van der Waals surface area (Å²) in [5.41, 5.74) is 1.08. The first-order valence-electron chi connectivity index (χ1n) is 8.67. The largest absolute Gasteiger partial charge is 0.325 e. The molecule has 0 radical (unpaired) electrons. The summed E-state index contributed by atoms with van der Waals surface area (Å²) < 4.78 is 0. The van der Waals surface area contributed by atoms with Crippen LogP contribution in [-0.2, 0) is 9.59 Å². The van der Waals surface area contributed by atoms with Gasteiger partial charge < -0.3 is 10.2 Å². The molecule has 0 bridgehead atoms. The number of nitrogens with zero attached hydrogens (tertiary/aromatic N) is 3. The first-order chi connectivity index (χ1) is 13.4. The van der Waals surface area contributed by atoms with E-state index in [1.165, 1.54) is 24.3 Å². The van der Waals surface area contributed by atoms with Crippen molar-refractivity contribution in [3.05, 3.63) is 63.7 Å². The third-order valence-electron chi connectivity index (χ3n) is 4.61. The lowest BCUT2D eigenvalue weighted by Gasteiger charge is -2.23. The van der Waals surface area contributed by atoms with Gasteiger partial charge in [-0.1, -0.05) is 23.7 Å². The maximum absolute atomic E-state index is 12.8. The van der Waals surface area contributed by atoms with Crippen molar-refractivity contribution in [3.63, 3.8) is 0 Å². The molecule has 1 atom stereocenters. The Kier molecular flexibility index (Phi) is 5.91. The molecular weight excluding hydrogens is 384 g/mol. The minimum atomic E-state index is -0.504. The molecule has 1 fully saturated rings. The Labute approximate surface area is 166 Å². The van der Waals surface area contributed by atoms with Gasteiger partial charge in [0.15, 0.2) is 0 Å². The van der Waals surface area contributed by atoms with Crippen molar-refractivity contribution < 1.29 is 14.5 Å². The second-order valence-electron chi connectivity index (χ2n) is 6.51. The number of nitrogens with one attached hydrogen (secondary N) is 1. The topological polar surface area (TPSA) is 95.8 Å². The van der Waals surface area contributed by atoms with Crippen molar-refractivity contribution in [2.24, 2.45) is 0 Å².